The van der Waals surface area contributed by atoms with Crippen LogP contribution in [-0.2, 0) is 9.73 Å². The van der Waals surface area contributed by atoms with Crippen molar-refractivity contribution in [3.05, 3.63) is 42.0 Å². The standard InChI is InChI=1S/C17H25NO2S/c1-3-16(19)17(14-10-6-4-7-11-14)21(20,18-2)15-12-8-5-9-13-15/h5,8-10,12-13,16-17,19H,3-4,6-7,11H2,1-2H3/t16-,17-,21?/m1/s1. The van der Waals surface area contributed by atoms with E-state index in [1.54, 1.807) is 7.05 Å². The summed E-state index contributed by atoms with van der Waals surface area (Å²) < 4.78 is 17.8. The van der Waals surface area contributed by atoms with Gasteiger partial charge < -0.3 is 5.11 Å². The van der Waals surface area contributed by atoms with Crippen LogP contribution in [0.5, 0.6) is 0 Å². The van der Waals surface area contributed by atoms with Gasteiger partial charge in [-0.3, -0.25) is 0 Å². The third-order valence-electron chi connectivity index (χ3n) is 4.16. The highest BCUT2D eigenvalue weighted by Crippen LogP contribution is 2.32. The van der Waals surface area contributed by atoms with Crippen molar-refractivity contribution in [2.75, 3.05) is 7.05 Å². The molecule has 3 nitrogen and oxygen atoms in total. The van der Waals surface area contributed by atoms with E-state index in [4.69, 9.17) is 0 Å². The third-order valence-corrected chi connectivity index (χ3v) is 6.95. The minimum absolute atomic E-state index is 0.393. The zero-order chi connectivity index (χ0) is 15.3. The van der Waals surface area contributed by atoms with Gasteiger partial charge in [0.25, 0.3) is 0 Å². The van der Waals surface area contributed by atoms with E-state index >= 15 is 0 Å². The number of aliphatic hydroxyl groups excluding tert-OH is 1. The molecule has 0 heterocycles. The zero-order valence-corrected chi connectivity index (χ0v) is 13.7. The van der Waals surface area contributed by atoms with Gasteiger partial charge in [0, 0.05) is 11.9 Å². The number of aliphatic hydroxyl groups is 1. The maximum absolute atomic E-state index is 13.6. The van der Waals surface area contributed by atoms with Crippen LogP contribution in [0.3, 0.4) is 0 Å². The normalized spacial score (nSPS) is 21.0. The molecule has 0 bridgehead atoms. The fraction of sp³-hybridized carbons (Fsp3) is 0.529. The van der Waals surface area contributed by atoms with Crippen LogP contribution >= 0.6 is 0 Å². The summed E-state index contributed by atoms with van der Waals surface area (Å²) in [4.78, 5) is 0.719. The smallest absolute Gasteiger partial charge is 0.0942 e. The lowest BCUT2D eigenvalue weighted by Crippen LogP contribution is -2.36. The number of nitrogens with zero attached hydrogens (tertiary/aromatic N) is 1. The number of rotatable bonds is 5. The second kappa shape index (κ2) is 7.23. The molecule has 1 unspecified atom stereocenters. The van der Waals surface area contributed by atoms with Crippen LogP contribution < -0.4 is 0 Å². The number of hydrogen-bond donors (Lipinski definition) is 1. The predicted molar refractivity (Wildman–Crippen MR) is 87.8 cm³/mol. The molecule has 4 heteroatoms. The number of hydrogen-bond acceptors (Lipinski definition) is 3. The van der Waals surface area contributed by atoms with Crippen molar-refractivity contribution in [1.29, 1.82) is 0 Å². The first kappa shape index (κ1) is 16.2. The van der Waals surface area contributed by atoms with E-state index in [1.807, 2.05) is 37.3 Å². The molecule has 0 saturated carbocycles. The van der Waals surface area contributed by atoms with Gasteiger partial charge >= 0.3 is 0 Å². The molecule has 0 spiro atoms. The fourth-order valence-corrected chi connectivity index (χ4v) is 5.50. The highest BCUT2D eigenvalue weighted by Gasteiger charge is 2.34. The highest BCUT2D eigenvalue weighted by atomic mass is 32.2. The summed E-state index contributed by atoms with van der Waals surface area (Å²) in [5.41, 5.74) is 1.12. The quantitative estimate of drug-likeness (QED) is 0.842. The number of benzene rings is 1. The minimum atomic E-state index is -2.65. The van der Waals surface area contributed by atoms with Gasteiger partial charge in [0.15, 0.2) is 0 Å². The summed E-state index contributed by atoms with van der Waals surface area (Å²) in [6.07, 6.45) is 6.34. The van der Waals surface area contributed by atoms with E-state index in [2.05, 4.69) is 10.4 Å². The molecule has 0 aromatic heterocycles. The minimum Gasteiger partial charge on any atom is -0.391 e. The molecule has 0 radical (unpaired) electrons. The molecule has 2 rings (SSSR count). The molecule has 3 atom stereocenters. The van der Waals surface area contributed by atoms with Gasteiger partial charge in [-0.25, -0.2) is 8.57 Å². The maximum atomic E-state index is 13.6. The first-order chi connectivity index (χ1) is 10.1. The largest absolute Gasteiger partial charge is 0.391 e. The van der Waals surface area contributed by atoms with Crippen molar-refractivity contribution in [2.45, 2.75) is 55.3 Å². The van der Waals surface area contributed by atoms with Gasteiger partial charge in [-0.2, -0.15) is 0 Å². The van der Waals surface area contributed by atoms with Crippen molar-refractivity contribution in [1.82, 2.24) is 0 Å². The highest BCUT2D eigenvalue weighted by molar-refractivity contribution is 7.94. The lowest BCUT2D eigenvalue weighted by Gasteiger charge is -2.30. The summed E-state index contributed by atoms with van der Waals surface area (Å²) >= 11 is 0. The van der Waals surface area contributed by atoms with Crippen molar-refractivity contribution in [3.63, 3.8) is 0 Å². The van der Waals surface area contributed by atoms with Gasteiger partial charge in [-0.15, -0.1) is 0 Å². The Morgan fingerprint density at radius 3 is 2.52 bits per heavy atom. The Hall–Kier alpha value is -1.13. The number of allylic oxidation sites excluding steroid dienone is 1. The molecule has 0 aliphatic heterocycles. The Morgan fingerprint density at radius 1 is 1.29 bits per heavy atom. The van der Waals surface area contributed by atoms with Crippen LogP contribution in [0.4, 0.5) is 0 Å². The van der Waals surface area contributed by atoms with E-state index in [0.29, 0.717) is 6.42 Å². The second-order valence-corrected chi connectivity index (χ2v) is 7.97. The first-order valence-corrected chi connectivity index (χ1v) is 9.27. The SMILES string of the molecule is CC[C@@H](O)[C@@H](C1=CCCCC1)S(=O)(=NC)c1ccccc1. The molecule has 1 N–H and O–H groups in total. The lowest BCUT2D eigenvalue weighted by atomic mass is 9.94. The summed E-state index contributed by atoms with van der Waals surface area (Å²) in [6.45, 7) is 1.93. The molecule has 116 valence electrons. The van der Waals surface area contributed by atoms with E-state index in [1.165, 1.54) is 6.42 Å². The van der Waals surface area contributed by atoms with Crippen molar-refractivity contribution in [3.8, 4) is 0 Å². The summed E-state index contributed by atoms with van der Waals surface area (Å²) in [7, 11) is -1.05. The molecule has 1 aliphatic carbocycles. The van der Waals surface area contributed by atoms with Crippen molar-refractivity contribution < 1.29 is 9.32 Å². The summed E-state index contributed by atoms with van der Waals surface area (Å²) in [6, 6.07) is 9.38. The third kappa shape index (κ3) is 3.38. The topological polar surface area (TPSA) is 49.7 Å². The van der Waals surface area contributed by atoms with E-state index in [0.717, 1.165) is 29.7 Å². The molecule has 21 heavy (non-hydrogen) atoms. The van der Waals surface area contributed by atoms with Crippen LogP contribution in [0.1, 0.15) is 39.0 Å². The fourth-order valence-electron chi connectivity index (χ4n) is 2.98. The average Bonchev–Trinajstić information content (AvgIpc) is 2.56. The van der Waals surface area contributed by atoms with E-state index in [-0.39, 0.29) is 0 Å². The molecule has 0 saturated heterocycles. The van der Waals surface area contributed by atoms with Gasteiger partial charge in [0.2, 0.25) is 0 Å². The van der Waals surface area contributed by atoms with Crippen molar-refractivity contribution >= 4 is 9.73 Å². The van der Waals surface area contributed by atoms with Crippen LogP contribution in [0.2, 0.25) is 0 Å². The molecule has 1 aliphatic rings. The van der Waals surface area contributed by atoms with Gasteiger partial charge in [-0.1, -0.05) is 36.8 Å². The zero-order valence-electron chi connectivity index (χ0n) is 12.9. The Balaban J connectivity index is 2.53. The lowest BCUT2D eigenvalue weighted by molar-refractivity contribution is 0.172. The molecule has 0 fully saturated rings. The maximum Gasteiger partial charge on any atom is 0.0942 e. The summed E-state index contributed by atoms with van der Waals surface area (Å²) in [5, 5.41) is 10.1. The van der Waals surface area contributed by atoms with Crippen molar-refractivity contribution in [2.24, 2.45) is 4.36 Å². The van der Waals surface area contributed by atoms with Crippen LogP contribution in [-0.4, -0.2) is 27.7 Å². The van der Waals surface area contributed by atoms with Crippen LogP contribution in [0.25, 0.3) is 0 Å². The van der Waals surface area contributed by atoms with Gasteiger partial charge in [-0.05, 0) is 44.2 Å². The van der Waals surface area contributed by atoms with Crippen LogP contribution in [0.15, 0.2) is 51.2 Å². The monoisotopic (exact) mass is 307 g/mol. The Kier molecular flexibility index (Phi) is 5.59. The first-order valence-electron chi connectivity index (χ1n) is 7.69. The Bertz CT molecular complexity index is 600. The van der Waals surface area contributed by atoms with Gasteiger partial charge in [0.05, 0.1) is 21.1 Å². The van der Waals surface area contributed by atoms with E-state index < -0.39 is 21.1 Å². The van der Waals surface area contributed by atoms with E-state index in [9.17, 15) is 9.32 Å². The molecular formula is C17H25NO2S. The predicted octanol–water partition coefficient (Wildman–Crippen LogP) is 3.78. The Labute approximate surface area is 128 Å². The second-order valence-electron chi connectivity index (χ2n) is 5.49. The molecule has 1 aromatic carbocycles. The average molecular weight is 307 g/mol. The molecular weight excluding hydrogens is 282 g/mol. The Morgan fingerprint density at radius 2 is 2.00 bits per heavy atom. The summed E-state index contributed by atoms with van der Waals surface area (Å²) in [5.74, 6) is 0. The van der Waals surface area contributed by atoms with Crippen LogP contribution in [0, 0.1) is 0 Å². The molecule has 1 aromatic rings. The van der Waals surface area contributed by atoms with Gasteiger partial charge in [0.1, 0.15) is 0 Å². The molecule has 0 amide bonds.